The summed E-state index contributed by atoms with van der Waals surface area (Å²) in [7, 11) is 0. The quantitative estimate of drug-likeness (QED) is 0.911. The lowest BCUT2D eigenvalue weighted by Crippen LogP contribution is -2.36. The van der Waals surface area contributed by atoms with E-state index in [4.69, 9.17) is 5.11 Å². The van der Waals surface area contributed by atoms with Crippen LogP contribution >= 0.6 is 0 Å². The third-order valence-electron chi connectivity index (χ3n) is 4.04. The fourth-order valence-corrected chi connectivity index (χ4v) is 2.92. The van der Waals surface area contributed by atoms with Crippen LogP contribution in [0.15, 0.2) is 36.7 Å². The summed E-state index contributed by atoms with van der Waals surface area (Å²) in [5.74, 6) is 0.120. The van der Waals surface area contributed by atoms with E-state index < -0.39 is 0 Å². The number of rotatable bonds is 5. The van der Waals surface area contributed by atoms with Crippen LogP contribution in [-0.4, -0.2) is 49.9 Å². The van der Waals surface area contributed by atoms with Crippen molar-refractivity contribution in [2.24, 2.45) is 0 Å². The predicted octanol–water partition coefficient (Wildman–Crippen LogP) is 1.64. The van der Waals surface area contributed by atoms with Gasteiger partial charge in [-0.2, -0.15) is 0 Å². The van der Waals surface area contributed by atoms with E-state index in [0.29, 0.717) is 0 Å². The van der Waals surface area contributed by atoms with E-state index in [-0.39, 0.29) is 24.4 Å². The van der Waals surface area contributed by atoms with Gasteiger partial charge in [-0.15, -0.1) is 5.10 Å². The van der Waals surface area contributed by atoms with Gasteiger partial charge in [0.2, 0.25) is 5.82 Å². The van der Waals surface area contributed by atoms with Gasteiger partial charge in [0.25, 0.3) is 5.91 Å². The third-order valence-corrected chi connectivity index (χ3v) is 4.04. The van der Waals surface area contributed by atoms with E-state index >= 15 is 0 Å². The van der Waals surface area contributed by atoms with Crippen LogP contribution in [0.25, 0.3) is 5.69 Å². The van der Waals surface area contributed by atoms with Crippen LogP contribution in [0, 0.1) is 0 Å². The van der Waals surface area contributed by atoms with Gasteiger partial charge < -0.3 is 10.0 Å². The highest BCUT2D eigenvalue weighted by Gasteiger charge is 2.30. The molecule has 116 valence electrons. The van der Waals surface area contributed by atoms with Gasteiger partial charge in [0, 0.05) is 19.2 Å². The standard InChI is InChI=1S/C16H20N4O2/c21-11-5-9-13-8-4-10-19(13)16(22)15-17-12-20(18-15)14-6-2-1-3-7-14/h1-3,6-7,12-13,21H,4-5,8-11H2. The van der Waals surface area contributed by atoms with Gasteiger partial charge >= 0.3 is 0 Å². The molecular weight excluding hydrogens is 280 g/mol. The molecule has 2 heterocycles. The van der Waals surface area contributed by atoms with Crippen LogP contribution in [0.1, 0.15) is 36.3 Å². The number of aromatic nitrogens is 3. The van der Waals surface area contributed by atoms with Gasteiger partial charge in [-0.05, 0) is 37.8 Å². The van der Waals surface area contributed by atoms with Crippen molar-refractivity contribution in [1.29, 1.82) is 0 Å². The largest absolute Gasteiger partial charge is 0.396 e. The molecule has 2 aromatic rings. The number of nitrogens with zero attached hydrogens (tertiary/aromatic N) is 4. The molecule has 1 aromatic carbocycles. The molecule has 0 aliphatic carbocycles. The first-order valence-corrected chi connectivity index (χ1v) is 7.68. The summed E-state index contributed by atoms with van der Waals surface area (Å²) < 4.78 is 1.62. The highest BCUT2D eigenvalue weighted by Crippen LogP contribution is 2.22. The smallest absolute Gasteiger partial charge is 0.293 e. The van der Waals surface area contributed by atoms with Crippen molar-refractivity contribution in [3.8, 4) is 5.69 Å². The SMILES string of the molecule is O=C(c1ncn(-c2ccccc2)n1)N1CCCC1CCCO. The van der Waals surface area contributed by atoms with Crippen molar-refractivity contribution in [3.05, 3.63) is 42.5 Å². The minimum atomic E-state index is -0.116. The zero-order chi connectivity index (χ0) is 15.4. The van der Waals surface area contributed by atoms with E-state index in [9.17, 15) is 4.79 Å². The third kappa shape index (κ3) is 3.01. The Bertz CT molecular complexity index is 626. The second-order valence-electron chi connectivity index (χ2n) is 5.51. The summed E-state index contributed by atoms with van der Waals surface area (Å²) in [4.78, 5) is 18.6. The summed E-state index contributed by atoms with van der Waals surface area (Å²) in [6.45, 7) is 0.911. The van der Waals surface area contributed by atoms with Crippen LogP contribution in [0.3, 0.4) is 0 Å². The minimum absolute atomic E-state index is 0.116. The molecule has 1 unspecified atom stereocenters. The topological polar surface area (TPSA) is 71.2 Å². The van der Waals surface area contributed by atoms with Crippen molar-refractivity contribution in [2.75, 3.05) is 13.2 Å². The van der Waals surface area contributed by atoms with Crippen LogP contribution in [0.4, 0.5) is 0 Å². The minimum Gasteiger partial charge on any atom is -0.396 e. The Morgan fingerprint density at radius 2 is 2.14 bits per heavy atom. The van der Waals surface area contributed by atoms with Crippen molar-refractivity contribution in [3.63, 3.8) is 0 Å². The summed E-state index contributed by atoms with van der Waals surface area (Å²) in [5, 5.41) is 13.3. The Morgan fingerprint density at radius 1 is 1.32 bits per heavy atom. The van der Waals surface area contributed by atoms with Crippen LogP contribution in [0.2, 0.25) is 0 Å². The molecule has 3 rings (SSSR count). The maximum atomic E-state index is 12.6. The zero-order valence-corrected chi connectivity index (χ0v) is 12.4. The number of likely N-dealkylation sites (tertiary alicyclic amines) is 1. The van der Waals surface area contributed by atoms with Gasteiger partial charge in [-0.3, -0.25) is 4.79 Å². The van der Waals surface area contributed by atoms with Crippen LogP contribution in [-0.2, 0) is 0 Å². The van der Waals surface area contributed by atoms with Gasteiger partial charge in [-0.25, -0.2) is 9.67 Å². The molecule has 1 aromatic heterocycles. The van der Waals surface area contributed by atoms with Crippen molar-refractivity contribution < 1.29 is 9.90 Å². The molecule has 1 amide bonds. The molecule has 0 saturated carbocycles. The fourth-order valence-electron chi connectivity index (χ4n) is 2.92. The zero-order valence-electron chi connectivity index (χ0n) is 12.4. The maximum absolute atomic E-state index is 12.6. The number of hydrogen-bond acceptors (Lipinski definition) is 4. The molecule has 0 bridgehead atoms. The Morgan fingerprint density at radius 3 is 2.91 bits per heavy atom. The molecule has 6 heteroatoms. The summed E-state index contributed by atoms with van der Waals surface area (Å²) in [5.41, 5.74) is 0.882. The van der Waals surface area contributed by atoms with E-state index in [1.165, 1.54) is 0 Å². The molecule has 22 heavy (non-hydrogen) atoms. The lowest BCUT2D eigenvalue weighted by Gasteiger charge is -2.23. The monoisotopic (exact) mass is 300 g/mol. The second-order valence-corrected chi connectivity index (χ2v) is 5.51. The molecule has 1 atom stereocenters. The fraction of sp³-hybridized carbons (Fsp3) is 0.438. The van der Waals surface area contributed by atoms with Crippen molar-refractivity contribution in [1.82, 2.24) is 19.7 Å². The molecular formula is C16H20N4O2. The number of amides is 1. The normalized spacial score (nSPS) is 17.9. The van der Waals surface area contributed by atoms with E-state index in [2.05, 4.69) is 10.1 Å². The number of carbonyl (C=O) groups is 1. The molecule has 1 aliphatic rings. The predicted molar refractivity (Wildman–Crippen MR) is 81.7 cm³/mol. The second kappa shape index (κ2) is 6.70. The number of benzene rings is 1. The molecule has 0 spiro atoms. The van der Waals surface area contributed by atoms with Crippen molar-refractivity contribution >= 4 is 5.91 Å². The van der Waals surface area contributed by atoms with E-state index in [0.717, 1.165) is 37.9 Å². The summed E-state index contributed by atoms with van der Waals surface area (Å²) in [6, 6.07) is 9.81. The van der Waals surface area contributed by atoms with Gasteiger partial charge in [-0.1, -0.05) is 18.2 Å². The van der Waals surface area contributed by atoms with Crippen LogP contribution < -0.4 is 0 Å². The Kier molecular flexibility index (Phi) is 4.48. The number of hydrogen-bond donors (Lipinski definition) is 1. The van der Waals surface area contributed by atoms with Gasteiger partial charge in [0.05, 0.1) is 5.69 Å². The highest BCUT2D eigenvalue weighted by molar-refractivity contribution is 5.90. The Hall–Kier alpha value is -2.21. The number of carbonyl (C=O) groups excluding carboxylic acids is 1. The lowest BCUT2D eigenvalue weighted by molar-refractivity contribution is 0.0712. The average molecular weight is 300 g/mol. The summed E-state index contributed by atoms with van der Waals surface area (Å²) in [6.07, 6.45) is 5.12. The number of aliphatic hydroxyl groups is 1. The average Bonchev–Trinajstić information content (AvgIpc) is 3.22. The number of para-hydroxylation sites is 1. The van der Waals surface area contributed by atoms with Gasteiger partial charge in [0.1, 0.15) is 6.33 Å². The molecule has 1 N–H and O–H groups in total. The maximum Gasteiger partial charge on any atom is 0.293 e. The van der Waals surface area contributed by atoms with E-state index in [1.807, 2.05) is 35.2 Å². The molecule has 6 nitrogen and oxygen atoms in total. The Balaban J connectivity index is 1.74. The molecule has 0 radical (unpaired) electrons. The first-order valence-electron chi connectivity index (χ1n) is 7.68. The summed E-state index contributed by atoms with van der Waals surface area (Å²) >= 11 is 0. The van der Waals surface area contributed by atoms with Crippen molar-refractivity contribution in [2.45, 2.75) is 31.7 Å². The van der Waals surface area contributed by atoms with Gasteiger partial charge in [0.15, 0.2) is 0 Å². The van der Waals surface area contributed by atoms with E-state index in [1.54, 1.807) is 11.0 Å². The highest BCUT2D eigenvalue weighted by atomic mass is 16.3. The first-order chi connectivity index (χ1) is 10.8. The first kappa shape index (κ1) is 14.7. The lowest BCUT2D eigenvalue weighted by atomic mass is 10.1. The molecule has 1 fully saturated rings. The Labute approximate surface area is 129 Å². The van der Waals surface area contributed by atoms with Crippen LogP contribution in [0.5, 0.6) is 0 Å². The number of aliphatic hydroxyl groups excluding tert-OH is 1. The molecule has 1 aliphatic heterocycles. The molecule has 1 saturated heterocycles.